The second-order valence-corrected chi connectivity index (χ2v) is 8.65. The maximum absolute atomic E-state index is 11.9. The molecule has 4 rings (SSSR count). The number of halogens is 1. The SMILES string of the molecule is O=C(CSCc1ccc(Cl)cc1)N/N=C/c1ccc(Sc2nc3ccccc3[nH]2)o1. The lowest BCUT2D eigenvalue weighted by Gasteiger charge is -2.01. The van der Waals surface area contributed by atoms with Crippen molar-refractivity contribution in [2.75, 3.05) is 5.75 Å². The molecule has 0 saturated carbocycles. The van der Waals surface area contributed by atoms with Gasteiger partial charge in [-0.2, -0.15) is 5.10 Å². The van der Waals surface area contributed by atoms with Gasteiger partial charge in [0.2, 0.25) is 5.91 Å². The van der Waals surface area contributed by atoms with E-state index in [1.54, 1.807) is 6.07 Å². The van der Waals surface area contributed by atoms with Gasteiger partial charge in [0, 0.05) is 10.8 Å². The number of hydrogen-bond donors (Lipinski definition) is 2. The predicted molar refractivity (Wildman–Crippen MR) is 122 cm³/mol. The molecule has 0 saturated heterocycles. The maximum atomic E-state index is 11.9. The zero-order valence-corrected chi connectivity index (χ0v) is 18.1. The van der Waals surface area contributed by atoms with Crippen molar-refractivity contribution in [1.82, 2.24) is 15.4 Å². The average molecular weight is 457 g/mol. The maximum Gasteiger partial charge on any atom is 0.250 e. The fraction of sp³-hybridized carbons (Fsp3) is 0.0952. The summed E-state index contributed by atoms with van der Waals surface area (Å²) >= 11 is 8.76. The number of nitrogens with one attached hydrogen (secondary N) is 2. The van der Waals surface area contributed by atoms with Crippen molar-refractivity contribution >= 4 is 58.3 Å². The summed E-state index contributed by atoms with van der Waals surface area (Å²) in [5.74, 6) is 1.41. The van der Waals surface area contributed by atoms with E-state index in [1.165, 1.54) is 29.7 Å². The van der Waals surface area contributed by atoms with E-state index in [0.717, 1.165) is 27.5 Å². The van der Waals surface area contributed by atoms with Gasteiger partial charge in [-0.25, -0.2) is 10.4 Å². The van der Waals surface area contributed by atoms with Crippen LogP contribution in [-0.4, -0.2) is 27.8 Å². The molecule has 0 radical (unpaired) electrons. The first-order chi connectivity index (χ1) is 14.7. The van der Waals surface area contributed by atoms with Crippen LogP contribution in [0.4, 0.5) is 0 Å². The number of hydrogen-bond acceptors (Lipinski definition) is 6. The molecule has 2 aromatic carbocycles. The molecule has 0 unspecified atom stereocenters. The third kappa shape index (κ3) is 5.69. The summed E-state index contributed by atoms with van der Waals surface area (Å²) in [5.41, 5.74) is 5.51. The first-order valence-electron chi connectivity index (χ1n) is 9.02. The molecular weight excluding hydrogens is 440 g/mol. The number of H-pyrrole nitrogens is 1. The molecule has 0 aliphatic heterocycles. The zero-order valence-electron chi connectivity index (χ0n) is 15.7. The van der Waals surface area contributed by atoms with Crippen molar-refractivity contribution in [2.45, 2.75) is 16.0 Å². The number of aromatic nitrogens is 2. The minimum atomic E-state index is -0.173. The van der Waals surface area contributed by atoms with Crippen molar-refractivity contribution in [1.29, 1.82) is 0 Å². The van der Waals surface area contributed by atoms with Gasteiger partial charge < -0.3 is 9.40 Å². The molecule has 2 heterocycles. The quantitative estimate of drug-likeness (QED) is 0.276. The van der Waals surface area contributed by atoms with Crippen LogP contribution in [-0.2, 0) is 10.5 Å². The Morgan fingerprint density at radius 1 is 1.17 bits per heavy atom. The molecule has 0 aliphatic carbocycles. The molecule has 0 bridgehead atoms. The van der Waals surface area contributed by atoms with Gasteiger partial charge in [-0.15, -0.1) is 11.8 Å². The van der Waals surface area contributed by atoms with E-state index in [0.29, 0.717) is 21.6 Å². The Bertz CT molecular complexity index is 1140. The van der Waals surface area contributed by atoms with Crippen LogP contribution < -0.4 is 5.43 Å². The Morgan fingerprint density at radius 2 is 2.00 bits per heavy atom. The van der Waals surface area contributed by atoms with E-state index < -0.39 is 0 Å². The molecule has 2 N–H and O–H groups in total. The van der Waals surface area contributed by atoms with Crippen LogP contribution >= 0.6 is 35.1 Å². The standard InChI is InChI=1S/C21H17ClN4O2S2/c22-15-7-5-14(6-8-15)12-29-13-19(27)26-23-11-16-9-10-20(28-16)30-21-24-17-3-1-2-4-18(17)25-21/h1-11H,12-13H2,(H,24,25)(H,26,27)/b23-11+. The second-order valence-electron chi connectivity index (χ2n) is 6.23. The highest BCUT2D eigenvalue weighted by Crippen LogP contribution is 2.28. The molecule has 30 heavy (non-hydrogen) atoms. The lowest BCUT2D eigenvalue weighted by molar-refractivity contribution is -0.118. The van der Waals surface area contributed by atoms with E-state index >= 15 is 0 Å². The molecule has 2 aromatic heterocycles. The summed E-state index contributed by atoms with van der Waals surface area (Å²) in [6, 6.07) is 19.0. The van der Waals surface area contributed by atoms with Crippen LogP contribution in [0.2, 0.25) is 5.02 Å². The highest BCUT2D eigenvalue weighted by atomic mass is 35.5. The number of rotatable bonds is 8. The molecular formula is C21H17ClN4O2S2. The van der Waals surface area contributed by atoms with Crippen LogP contribution in [0, 0.1) is 0 Å². The number of carbonyl (C=O) groups is 1. The Morgan fingerprint density at radius 3 is 2.83 bits per heavy atom. The Labute approximate surface area is 186 Å². The zero-order chi connectivity index (χ0) is 20.8. The largest absolute Gasteiger partial charge is 0.448 e. The number of aromatic amines is 1. The minimum Gasteiger partial charge on any atom is -0.448 e. The van der Waals surface area contributed by atoms with Crippen LogP contribution in [0.15, 0.2) is 80.4 Å². The number of benzene rings is 2. The normalized spacial score (nSPS) is 11.4. The van der Waals surface area contributed by atoms with Gasteiger partial charge in [0.1, 0.15) is 5.76 Å². The summed E-state index contributed by atoms with van der Waals surface area (Å²) < 4.78 is 5.70. The lowest BCUT2D eigenvalue weighted by Crippen LogP contribution is -2.19. The van der Waals surface area contributed by atoms with Gasteiger partial charge in [-0.3, -0.25) is 4.79 Å². The van der Waals surface area contributed by atoms with E-state index in [1.807, 2.05) is 54.6 Å². The average Bonchev–Trinajstić information content (AvgIpc) is 3.36. The summed E-state index contributed by atoms with van der Waals surface area (Å²) in [4.78, 5) is 19.6. The molecule has 152 valence electrons. The lowest BCUT2D eigenvalue weighted by atomic mass is 10.2. The Kier molecular flexibility index (Phi) is 6.78. The number of imidazole rings is 1. The van der Waals surface area contributed by atoms with Crippen molar-refractivity contribution in [3.8, 4) is 0 Å². The van der Waals surface area contributed by atoms with Gasteiger partial charge in [-0.05, 0) is 53.7 Å². The molecule has 9 heteroatoms. The number of fused-ring (bicyclic) bond motifs is 1. The van der Waals surface area contributed by atoms with Crippen LogP contribution in [0.25, 0.3) is 11.0 Å². The minimum absolute atomic E-state index is 0.173. The first kappa shape index (κ1) is 20.6. The molecule has 0 fully saturated rings. The van der Waals surface area contributed by atoms with Crippen LogP contribution in [0.1, 0.15) is 11.3 Å². The number of nitrogens with zero attached hydrogens (tertiary/aromatic N) is 2. The fourth-order valence-corrected chi connectivity index (χ4v) is 4.25. The number of hydrazone groups is 1. The molecule has 6 nitrogen and oxygen atoms in total. The van der Waals surface area contributed by atoms with Crippen molar-refractivity contribution in [3.63, 3.8) is 0 Å². The third-order valence-corrected chi connectivity index (χ3v) is 6.03. The summed E-state index contributed by atoms with van der Waals surface area (Å²) in [7, 11) is 0. The third-order valence-electron chi connectivity index (χ3n) is 3.96. The van der Waals surface area contributed by atoms with Gasteiger partial charge in [0.15, 0.2) is 10.2 Å². The first-order valence-corrected chi connectivity index (χ1v) is 11.4. The molecule has 0 atom stereocenters. The molecule has 0 aliphatic rings. The second kappa shape index (κ2) is 9.88. The summed E-state index contributed by atoms with van der Waals surface area (Å²) in [5, 5.41) is 6.08. The number of para-hydroxylation sites is 2. The number of carbonyl (C=O) groups excluding carboxylic acids is 1. The molecule has 1 amide bonds. The fourth-order valence-electron chi connectivity index (χ4n) is 2.57. The summed E-state index contributed by atoms with van der Waals surface area (Å²) in [6.07, 6.45) is 1.48. The van der Waals surface area contributed by atoms with Crippen LogP contribution in [0.5, 0.6) is 0 Å². The Balaban J connectivity index is 1.23. The van der Waals surface area contributed by atoms with E-state index in [-0.39, 0.29) is 5.91 Å². The molecule has 4 aromatic rings. The van der Waals surface area contributed by atoms with E-state index in [4.69, 9.17) is 16.0 Å². The number of thioether (sulfide) groups is 1. The van der Waals surface area contributed by atoms with E-state index in [2.05, 4.69) is 20.5 Å². The van der Waals surface area contributed by atoms with Crippen molar-refractivity contribution in [2.24, 2.45) is 5.10 Å². The van der Waals surface area contributed by atoms with Gasteiger partial charge in [0.25, 0.3) is 0 Å². The highest BCUT2D eigenvalue weighted by Gasteiger charge is 2.08. The Hall–Kier alpha value is -2.68. The topological polar surface area (TPSA) is 83.3 Å². The van der Waals surface area contributed by atoms with E-state index in [9.17, 15) is 4.79 Å². The van der Waals surface area contributed by atoms with Crippen LogP contribution in [0.3, 0.4) is 0 Å². The highest BCUT2D eigenvalue weighted by molar-refractivity contribution is 7.99. The number of furan rings is 1. The summed E-state index contributed by atoms with van der Waals surface area (Å²) in [6.45, 7) is 0. The van der Waals surface area contributed by atoms with Crippen molar-refractivity contribution in [3.05, 3.63) is 77.0 Å². The van der Waals surface area contributed by atoms with Crippen molar-refractivity contribution < 1.29 is 9.21 Å². The van der Waals surface area contributed by atoms with Gasteiger partial charge in [-0.1, -0.05) is 35.9 Å². The predicted octanol–water partition coefficient (Wildman–Crippen LogP) is 5.34. The van der Waals surface area contributed by atoms with Gasteiger partial charge in [0.05, 0.1) is 23.0 Å². The number of amides is 1. The molecule has 0 spiro atoms. The smallest absolute Gasteiger partial charge is 0.250 e. The monoisotopic (exact) mass is 456 g/mol. The van der Waals surface area contributed by atoms with Gasteiger partial charge >= 0.3 is 0 Å².